The Morgan fingerprint density at radius 1 is 0.923 bits per heavy atom. The molecule has 6 nitrogen and oxygen atoms in total. The third-order valence-electron chi connectivity index (χ3n) is 3.62. The van der Waals surface area contributed by atoms with E-state index in [4.69, 9.17) is 4.52 Å². The first kappa shape index (κ1) is 16.3. The summed E-state index contributed by atoms with van der Waals surface area (Å²) in [6.45, 7) is 0. The first-order valence-electron chi connectivity index (χ1n) is 7.95. The fourth-order valence-electron chi connectivity index (χ4n) is 2.41. The van der Waals surface area contributed by atoms with Gasteiger partial charge < -0.3 is 9.51 Å². The zero-order valence-corrected chi connectivity index (χ0v) is 14.4. The molecule has 0 spiro atoms. The molecule has 2 aromatic carbocycles. The van der Waals surface area contributed by atoms with Crippen LogP contribution in [0.15, 0.2) is 81.2 Å². The molecular formula is C19H14N4O2S. The average Bonchev–Trinajstić information content (AvgIpc) is 3.16. The third kappa shape index (κ3) is 3.73. The molecule has 0 saturated carbocycles. The lowest BCUT2D eigenvalue weighted by atomic mass is 10.1. The maximum atomic E-state index is 11.9. The molecule has 0 radical (unpaired) electrons. The number of aromatic nitrogens is 4. The summed E-state index contributed by atoms with van der Waals surface area (Å²) < 4.78 is 5.28. The molecular weight excluding hydrogens is 348 g/mol. The van der Waals surface area contributed by atoms with Crippen molar-refractivity contribution in [3.63, 3.8) is 0 Å². The molecule has 0 unspecified atom stereocenters. The number of thioether (sulfide) groups is 1. The Hall–Kier alpha value is -3.19. The van der Waals surface area contributed by atoms with E-state index in [2.05, 4.69) is 20.1 Å². The van der Waals surface area contributed by atoms with Crippen molar-refractivity contribution < 1.29 is 4.52 Å². The Bertz CT molecular complexity index is 1060. The summed E-state index contributed by atoms with van der Waals surface area (Å²) in [6, 6.07) is 20.7. The maximum Gasteiger partial charge on any atom is 0.252 e. The largest absolute Gasteiger partial charge is 0.338 e. The minimum atomic E-state index is -0.197. The van der Waals surface area contributed by atoms with Crippen molar-refractivity contribution in [1.29, 1.82) is 0 Å². The lowest BCUT2D eigenvalue weighted by Crippen LogP contribution is -2.08. The number of rotatable bonds is 5. The summed E-state index contributed by atoms with van der Waals surface area (Å²) >= 11 is 1.34. The molecule has 0 aliphatic heterocycles. The van der Waals surface area contributed by atoms with Gasteiger partial charge in [-0.05, 0) is 0 Å². The van der Waals surface area contributed by atoms with Crippen molar-refractivity contribution in [2.75, 3.05) is 0 Å². The van der Waals surface area contributed by atoms with Crippen molar-refractivity contribution in [2.45, 2.75) is 10.9 Å². The van der Waals surface area contributed by atoms with Crippen LogP contribution in [0.25, 0.3) is 22.6 Å². The molecule has 1 N–H and O–H groups in total. The Balaban J connectivity index is 1.51. The first-order valence-corrected chi connectivity index (χ1v) is 8.94. The highest BCUT2D eigenvalue weighted by Crippen LogP contribution is 2.22. The molecule has 7 heteroatoms. The Morgan fingerprint density at radius 3 is 2.35 bits per heavy atom. The summed E-state index contributed by atoms with van der Waals surface area (Å²) in [7, 11) is 0. The normalized spacial score (nSPS) is 10.8. The summed E-state index contributed by atoms with van der Waals surface area (Å²) in [5, 5.41) is 4.50. The molecule has 4 rings (SSSR count). The minimum absolute atomic E-state index is 0.197. The van der Waals surface area contributed by atoms with Crippen LogP contribution in [-0.4, -0.2) is 20.1 Å². The van der Waals surface area contributed by atoms with Crippen LogP contribution in [0.3, 0.4) is 0 Å². The number of nitrogens with one attached hydrogen (secondary N) is 1. The molecule has 128 valence electrons. The highest BCUT2D eigenvalue weighted by molar-refractivity contribution is 7.98. The standard InChI is InChI=1S/C19H14N4O2S/c24-16-11-15(13-7-3-1-4-8-13)20-19(21-16)26-12-17-22-18(23-25-17)14-9-5-2-6-10-14/h1-11H,12H2,(H,20,21,24). The number of H-pyrrole nitrogens is 1. The minimum Gasteiger partial charge on any atom is -0.338 e. The smallest absolute Gasteiger partial charge is 0.252 e. The molecule has 0 aliphatic rings. The predicted molar refractivity (Wildman–Crippen MR) is 99.6 cm³/mol. The Labute approximate surface area is 153 Å². The fraction of sp³-hybridized carbons (Fsp3) is 0.0526. The number of benzene rings is 2. The Morgan fingerprint density at radius 2 is 1.62 bits per heavy atom. The van der Waals surface area contributed by atoms with Gasteiger partial charge in [-0.1, -0.05) is 77.6 Å². The molecule has 4 aromatic rings. The fourth-order valence-corrected chi connectivity index (χ4v) is 3.12. The van der Waals surface area contributed by atoms with E-state index in [0.29, 0.717) is 28.3 Å². The number of hydrogen-bond acceptors (Lipinski definition) is 6. The number of hydrogen-bond donors (Lipinski definition) is 1. The molecule has 0 amide bonds. The van der Waals surface area contributed by atoms with E-state index in [0.717, 1.165) is 11.1 Å². The van der Waals surface area contributed by atoms with Crippen molar-refractivity contribution >= 4 is 11.8 Å². The van der Waals surface area contributed by atoms with Gasteiger partial charge in [0.2, 0.25) is 11.7 Å². The van der Waals surface area contributed by atoms with Crippen LogP contribution in [0.5, 0.6) is 0 Å². The molecule has 0 bridgehead atoms. The van der Waals surface area contributed by atoms with Crippen LogP contribution >= 0.6 is 11.8 Å². The molecule has 0 aliphatic carbocycles. The second kappa shape index (κ2) is 7.37. The van der Waals surface area contributed by atoms with Gasteiger partial charge in [-0.15, -0.1) is 0 Å². The van der Waals surface area contributed by atoms with E-state index in [-0.39, 0.29) is 5.56 Å². The second-order valence-corrected chi connectivity index (χ2v) is 6.43. The summed E-state index contributed by atoms with van der Waals surface area (Å²) in [5.41, 5.74) is 2.22. The second-order valence-electron chi connectivity index (χ2n) is 5.47. The monoisotopic (exact) mass is 362 g/mol. The number of nitrogens with zero attached hydrogens (tertiary/aromatic N) is 3. The van der Waals surface area contributed by atoms with E-state index < -0.39 is 0 Å². The van der Waals surface area contributed by atoms with Gasteiger partial charge in [-0.25, -0.2) is 4.98 Å². The summed E-state index contributed by atoms with van der Waals surface area (Å²) in [6.07, 6.45) is 0. The first-order chi connectivity index (χ1) is 12.8. The van der Waals surface area contributed by atoms with Gasteiger partial charge >= 0.3 is 0 Å². The lowest BCUT2D eigenvalue weighted by Gasteiger charge is -2.03. The molecule has 26 heavy (non-hydrogen) atoms. The van der Waals surface area contributed by atoms with Gasteiger partial charge in [0.1, 0.15) is 0 Å². The van der Waals surface area contributed by atoms with Crippen LogP contribution in [-0.2, 0) is 5.75 Å². The molecule has 0 atom stereocenters. The maximum absolute atomic E-state index is 11.9. The SMILES string of the molecule is O=c1cc(-c2ccccc2)nc(SCc2nc(-c3ccccc3)no2)[nH]1. The van der Waals surface area contributed by atoms with Gasteiger partial charge in [0, 0.05) is 17.2 Å². The highest BCUT2D eigenvalue weighted by atomic mass is 32.2. The average molecular weight is 362 g/mol. The summed E-state index contributed by atoms with van der Waals surface area (Å²) in [5.74, 6) is 1.43. The van der Waals surface area contributed by atoms with E-state index in [1.807, 2.05) is 60.7 Å². The van der Waals surface area contributed by atoms with Gasteiger partial charge in [0.05, 0.1) is 11.4 Å². The van der Waals surface area contributed by atoms with Crippen LogP contribution < -0.4 is 5.56 Å². The number of aromatic amines is 1. The summed E-state index contributed by atoms with van der Waals surface area (Å²) in [4.78, 5) is 23.5. The van der Waals surface area contributed by atoms with Crippen LogP contribution in [0, 0.1) is 0 Å². The third-order valence-corrected chi connectivity index (χ3v) is 4.48. The van der Waals surface area contributed by atoms with Gasteiger partial charge in [0.25, 0.3) is 5.56 Å². The van der Waals surface area contributed by atoms with Crippen LogP contribution in [0.4, 0.5) is 0 Å². The molecule has 0 fully saturated rings. The molecule has 2 heterocycles. The van der Waals surface area contributed by atoms with Crippen LogP contribution in [0.2, 0.25) is 0 Å². The van der Waals surface area contributed by atoms with E-state index in [1.165, 1.54) is 17.8 Å². The molecule has 0 saturated heterocycles. The van der Waals surface area contributed by atoms with Gasteiger partial charge in [-0.3, -0.25) is 4.79 Å². The van der Waals surface area contributed by atoms with Gasteiger partial charge in [-0.2, -0.15) is 4.98 Å². The van der Waals surface area contributed by atoms with Crippen molar-refractivity contribution in [3.8, 4) is 22.6 Å². The topological polar surface area (TPSA) is 84.7 Å². The highest BCUT2D eigenvalue weighted by Gasteiger charge is 2.10. The van der Waals surface area contributed by atoms with Crippen molar-refractivity contribution in [3.05, 3.63) is 83.0 Å². The van der Waals surface area contributed by atoms with Crippen molar-refractivity contribution in [1.82, 2.24) is 20.1 Å². The van der Waals surface area contributed by atoms with E-state index >= 15 is 0 Å². The van der Waals surface area contributed by atoms with Crippen LogP contribution in [0.1, 0.15) is 5.89 Å². The predicted octanol–water partition coefficient (Wildman–Crippen LogP) is 3.78. The van der Waals surface area contributed by atoms with Gasteiger partial charge in [0.15, 0.2) is 5.16 Å². The zero-order chi connectivity index (χ0) is 17.8. The Kier molecular flexibility index (Phi) is 4.61. The van der Waals surface area contributed by atoms with E-state index in [1.54, 1.807) is 0 Å². The zero-order valence-electron chi connectivity index (χ0n) is 13.6. The van der Waals surface area contributed by atoms with Crippen molar-refractivity contribution in [2.24, 2.45) is 0 Å². The lowest BCUT2D eigenvalue weighted by molar-refractivity contribution is 0.391. The quantitative estimate of drug-likeness (QED) is 0.430. The van der Waals surface area contributed by atoms with E-state index in [9.17, 15) is 4.79 Å². The molecule has 2 aromatic heterocycles.